The molecule has 0 radical (unpaired) electrons. The monoisotopic (exact) mass is 427 g/mol. The lowest BCUT2D eigenvalue weighted by Crippen LogP contribution is -2.35. The molecule has 1 aromatic carbocycles. The molecule has 1 aromatic heterocycles. The molecule has 126 valence electrons. The van der Waals surface area contributed by atoms with Crippen LogP contribution < -0.4 is 0 Å². The SMILES string of the molecule is CN(C)C(=NCCc1nccn1Cc1ccccc1)N(C)C.I. The molecule has 1 heterocycles. The third-order valence-electron chi connectivity index (χ3n) is 3.39. The van der Waals surface area contributed by atoms with Crippen LogP contribution in [0, 0.1) is 0 Å². The number of benzene rings is 1. The normalized spacial score (nSPS) is 9.91. The predicted molar refractivity (Wildman–Crippen MR) is 107 cm³/mol. The largest absolute Gasteiger partial charge is 0.349 e. The van der Waals surface area contributed by atoms with E-state index < -0.39 is 0 Å². The second-order valence-corrected chi connectivity index (χ2v) is 5.68. The van der Waals surface area contributed by atoms with Gasteiger partial charge >= 0.3 is 0 Å². The Kier molecular flexibility index (Phi) is 8.08. The van der Waals surface area contributed by atoms with Crippen LogP contribution in [-0.2, 0) is 13.0 Å². The molecule has 6 heteroatoms. The Bertz CT molecular complexity index is 594. The number of nitrogens with zero attached hydrogens (tertiary/aromatic N) is 5. The summed E-state index contributed by atoms with van der Waals surface area (Å²) in [5.41, 5.74) is 1.28. The molecule has 0 unspecified atom stereocenters. The van der Waals surface area contributed by atoms with Crippen molar-refractivity contribution in [2.75, 3.05) is 34.7 Å². The summed E-state index contributed by atoms with van der Waals surface area (Å²) in [4.78, 5) is 13.2. The fourth-order valence-electron chi connectivity index (χ4n) is 2.43. The average molecular weight is 427 g/mol. The van der Waals surface area contributed by atoms with Gasteiger partial charge in [0.1, 0.15) is 5.82 Å². The summed E-state index contributed by atoms with van der Waals surface area (Å²) in [5.74, 6) is 2.05. The lowest BCUT2D eigenvalue weighted by molar-refractivity contribution is 0.479. The van der Waals surface area contributed by atoms with Crippen LogP contribution in [0.15, 0.2) is 47.7 Å². The lowest BCUT2D eigenvalue weighted by Gasteiger charge is -2.22. The number of aliphatic imine (C=N–C) groups is 1. The van der Waals surface area contributed by atoms with Gasteiger partial charge in [-0.25, -0.2) is 4.98 Å². The number of rotatable bonds is 5. The minimum Gasteiger partial charge on any atom is -0.349 e. The minimum atomic E-state index is 0. The lowest BCUT2D eigenvalue weighted by atomic mass is 10.2. The van der Waals surface area contributed by atoms with E-state index in [4.69, 9.17) is 0 Å². The fourth-order valence-corrected chi connectivity index (χ4v) is 2.43. The predicted octanol–water partition coefficient (Wildman–Crippen LogP) is 2.57. The molecule has 0 fully saturated rings. The van der Waals surface area contributed by atoms with E-state index in [0.717, 1.165) is 31.3 Å². The van der Waals surface area contributed by atoms with Gasteiger partial charge in [0.25, 0.3) is 0 Å². The highest BCUT2D eigenvalue weighted by Crippen LogP contribution is 2.06. The first kappa shape index (κ1) is 19.5. The van der Waals surface area contributed by atoms with E-state index in [2.05, 4.69) is 38.8 Å². The standard InChI is InChI=1S/C17H25N5.HI/c1-20(2)17(21(3)4)19-11-10-16-18-12-13-22(16)14-15-8-6-5-7-9-15;/h5-9,12-13H,10-11,14H2,1-4H3;1H. The molecule has 0 saturated heterocycles. The van der Waals surface area contributed by atoms with Crippen LogP contribution >= 0.6 is 24.0 Å². The van der Waals surface area contributed by atoms with Crippen LogP contribution in [0.3, 0.4) is 0 Å². The first-order valence-electron chi connectivity index (χ1n) is 7.51. The second kappa shape index (κ2) is 9.54. The van der Waals surface area contributed by atoms with E-state index in [1.807, 2.05) is 56.5 Å². The Morgan fingerprint density at radius 1 is 1.09 bits per heavy atom. The number of imidazole rings is 1. The number of halogens is 1. The number of hydrogen-bond acceptors (Lipinski definition) is 2. The van der Waals surface area contributed by atoms with Gasteiger partial charge in [0.2, 0.25) is 0 Å². The Labute approximate surface area is 156 Å². The van der Waals surface area contributed by atoms with Gasteiger partial charge in [-0.3, -0.25) is 4.99 Å². The summed E-state index contributed by atoms with van der Waals surface area (Å²) >= 11 is 0. The molecule has 0 aliphatic carbocycles. The van der Waals surface area contributed by atoms with E-state index in [0.29, 0.717) is 0 Å². The summed E-state index contributed by atoms with van der Waals surface area (Å²) in [5, 5.41) is 0. The van der Waals surface area contributed by atoms with Gasteiger partial charge in [-0.05, 0) is 5.56 Å². The van der Waals surface area contributed by atoms with Crippen LogP contribution in [0.25, 0.3) is 0 Å². The van der Waals surface area contributed by atoms with E-state index in [1.54, 1.807) is 0 Å². The maximum Gasteiger partial charge on any atom is 0.195 e. The topological polar surface area (TPSA) is 36.7 Å². The van der Waals surface area contributed by atoms with Crippen molar-refractivity contribution in [3.8, 4) is 0 Å². The van der Waals surface area contributed by atoms with Gasteiger partial charge in [0.15, 0.2) is 5.96 Å². The van der Waals surface area contributed by atoms with Crippen LogP contribution in [0.4, 0.5) is 0 Å². The number of guanidine groups is 1. The van der Waals surface area contributed by atoms with Gasteiger partial charge in [-0.15, -0.1) is 24.0 Å². The Morgan fingerprint density at radius 3 is 2.35 bits per heavy atom. The maximum absolute atomic E-state index is 4.66. The van der Waals surface area contributed by atoms with Gasteiger partial charge < -0.3 is 14.4 Å². The molecule has 23 heavy (non-hydrogen) atoms. The molecule has 0 bridgehead atoms. The summed E-state index contributed by atoms with van der Waals surface area (Å²) < 4.78 is 2.19. The van der Waals surface area contributed by atoms with Gasteiger partial charge in [-0.2, -0.15) is 0 Å². The van der Waals surface area contributed by atoms with Crippen molar-refractivity contribution in [2.45, 2.75) is 13.0 Å². The van der Waals surface area contributed by atoms with Crippen LogP contribution in [0.2, 0.25) is 0 Å². The molecular weight excluding hydrogens is 401 g/mol. The molecule has 0 aliphatic heterocycles. The summed E-state index contributed by atoms with van der Waals surface area (Å²) in [6, 6.07) is 10.4. The van der Waals surface area contributed by atoms with E-state index in [-0.39, 0.29) is 24.0 Å². The fraction of sp³-hybridized carbons (Fsp3) is 0.412. The highest BCUT2D eigenvalue weighted by atomic mass is 127. The van der Waals surface area contributed by atoms with Crippen molar-refractivity contribution < 1.29 is 0 Å². The van der Waals surface area contributed by atoms with Crippen molar-refractivity contribution in [3.05, 3.63) is 54.1 Å². The molecule has 5 nitrogen and oxygen atoms in total. The second-order valence-electron chi connectivity index (χ2n) is 5.68. The number of hydrogen-bond donors (Lipinski definition) is 0. The highest BCUT2D eigenvalue weighted by molar-refractivity contribution is 14.0. The molecular formula is C17H26IN5. The molecule has 2 aromatic rings. The smallest absolute Gasteiger partial charge is 0.195 e. The van der Waals surface area contributed by atoms with Crippen LogP contribution in [-0.4, -0.2) is 60.0 Å². The third-order valence-corrected chi connectivity index (χ3v) is 3.39. The van der Waals surface area contributed by atoms with Crippen molar-refractivity contribution >= 4 is 29.9 Å². The Balaban J connectivity index is 0.00000264. The third kappa shape index (κ3) is 5.85. The first-order valence-corrected chi connectivity index (χ1v) is 7.51. The van der Waals surface area contributed by atoms with Gasteiger partial charge in [0, 0.05) is 60.1 Å². The minimum absolute atomic E-state index is 0. The van der Waals surface area contributed by atoms with E-state index in [9.17, 15) is 0 Å². The van der Waals surface area contributed by atoms with Crippen molar-refractivity contribution in [1.29, 1.82) is 0 Å². The van der Waals surface area contributed by atoms with Crippen molar-refractivity contribution in [3.63, 3.8) is 0 Å². The molecule has 0 N–H and O–H groups in total. The maximum atomic E-state index is 4.66. The molecule has 0 atom stereocenters. The van der Waals surface area contributed by atoms with Crippen LogP contribution in [0.5, 0.6) is 0 Å². The summed E-state index contributed by atoms with van der Waals surface area (Å²) in [6.45, 7) is 1.59. The zero-order chi connectivity index (χ0) is 15.9. The number of aromatic nitrogens is 2. The molecule has 0 aliphatic rings. The van der Waals surface area contributed by atoms with E-state index >= 15 is 0 Å². The van der Waals surface area contributed by atoms with Gasteiger partial charge in [0.05, 0.1) is 0 Å². The van der Waals surface area contributed by atoms with Gasteiger partial charge in [-0.1, -0.05) is 30.3 Å². The molecule has 2 rings (SSSR count). The zero-order valence-electron chi connectivity index (χ0n) is 14.3. The Hall–Kier alpha value is -1.57. The van der Waals surface area contributed by atoms with Crippen LogP contribution in [0.1, 0.15) is 11.4 Å². The quantitative estimate of drug-likeness (QED) is 0.418. The molecule has 0 saturated carbocycles. The molecule has 0 spiro atoms. The van der Waals surface area contributed by atoms with E-state index in [1.165, 1.54) is 5.56 Å². The zero-order valence-corrected chi connectivity index (χ0v) is 16.6. The summed E-state index contributed by atoms with van der Waals surface area (Å²) in [6.07, 6.45) is 4.73. The van der Waals surface area contributed by atoms with Crippen molar-refractivity contribution in [1.82, 2.24) is 19.4 Å². The average Bonchev–Trinajstić information content (AvgIpc) is 2.91. The highest BCUT2D eigenvalue weighted by Gasteiger charge is 2.06. The molecule has 0 amide bonds. The first-order chi connectivity index (χ1) is 10.6. The summed E-state index contributed by atoms with van der Waals surface area (Å²) in [7, 11) is 8.04. The van der Waals surface area contributed by atoms with Crippen molar-refractivity contribution in [2.24, 2.45) is 4.99 Å². The Morgan fingerprint density at radius 2 is 1.74 bits per heavy atom.